The molecule has 0 saturated carbocycles. The van der Waals surface area contributed by atoms with Crippen molar-refractivity contribution in [1.29, 1.82) is 0 Å². The second kappa shape index (κ2) is 6.50. The fourth-order valence-electron chi connectivity index (χ4n) is 4.48. The number of fused-ring (bicyclic) bond motifs is 1. The largest absolute Gasteiger partial charge is 0.309 e. The Balaban J connectivity index is 1.85. The van der Waals surface area contributed by atoms with Crippen molar-refractivity contribution in [2.24, 2.45) is 5.92 Å². The van der Waals surface area contributed by atoms with Crippen LogP contribution in [0.2, 0.25) is 0 Å². The van der Waals surface area contributed by atoms with Crippen molar-refractivity contribution in [2.75, 3.05) is 13.1 Å². The highest BCUT2D eigenvalue weighted by Crippen LogP contribution is 2.36. The van der Waals surface area contributed by atoms with E-state index in [0.717, 1.165) is 18.5 Å². The van der Waals surface area contributed by atoms with Crippen LogP contribution in [0, 0.1) is 5.92 Å². The lowest BCUT2D eigenvalue weighted by atomic mass is 9.81. The van der Waals surface area contributed by atoms with Gasteiger partial charge in [-0.3, -0.25) is 4.90 Å². The molecule has 1 aromatic rings. The minimum atomic E-state index is 0.510. The van der Waals surface area contributed by atoms with E-state index in [0.29, 0.717) is 12.1 Å². The molecule has 0 radical (unpaired) electrons. The van der Waals surface area contributed by atoms with Crippen molar-refractivity contribution in [2.45, 2.75) is 64.6 Å². The Bertz CT molecular complexity index is 470. The van der Waals surface area contributed by atoms with Crippen molar-refractivity contribution >= 4 is 0 Å². The number of hydrogen-bond acceptors (Lipinski definition) is 2. The first-order valence-electron chi connectivity index (χ1n) is 8.77. The van der Waals surface area contributed by atoms with Gasteiger partial charge in [-0.1, -0.05) is 38.1 Å². The van der Waals surface area contributed by atoms with Gasteiger partial charge in [0.05, 0.1) is 0 Å². The molecule has 1 N–H and O–H groups in total. The van der Waals surface area contributed by atoms with E-state index in [9.17, 15) is 0 Å². The summed E-state index contributed by atoms with van der Waals surface area (Å²) in [5, 5.41) is 3.78. The monoisotopic (exact) mass is 286 g/mol. The predicted octanol–water partition coefficient (Wildman–Crippen LogP) is 3.77. The van der Waals surface area contributed by atoms with Gasteiger partial charge >= 0.3 is 0 Å². The summed E-state index contributed by atoms with van der Waals surface area (Å²) in [6.07, 6.45) is 5.26. The number of piperidine rings is 1. The molecule has 1 aliphatic carbocycles. The number of likely N-dealkylation sites (N-methyl/N-ethyl adjacent to an activating group) is 1. The van der Waals surface area contributed by atoms with Gasteiger partial charge in [-0.25, -0.2) is 0 Å². The Morgan fingerprint density at radius 2 is 2.00 bits per heavy atom. The number of nitrogens with zero attached hydrogens (tertiary/aromatic N) is 1. The number of benzene rings is 1. The van der Waals surface area contributed by atoms with Crippen LogP contribution in [0.4, 0.5) is 0 Å². The molecule has 1 heterocycles. The zero-order chi connectivity index (χ0) is 14.8. The first-order chi connectivity index (χ1) is 10.2. The average molecular weight is 286 g/mol. The highest BCUT2D eigenvalue weighted by molar-refractivity contribution is 5.34. The van der Waals surface area contributed by atoms with E-state index < -0.39 is 0 Å². The summed E-state index contributed by atoms with van der Waals surface area (Å²) in [7, 11) is 0. The maximum absolute atomic E-state index is 3.78. The summed E-state index contributed by atoms with van der Waals surface area (Å²) in [6.45, 7) is 9.39. The van der Waals surface area contributed by atoms with Crippen LogP contribution in [0.1, 0.15) is 57.2 Å². The topological polar surface area (TPSA) is 15.3 Å². The van der Waals surface area contributed by atoms with Crippen LogP contribution in [0.3, 0.4) is 0 Å². The summed E-state index contributed by atoms with van der Waals surface area (Å²) in [5.41, 5.74) is 3.10. The van der Waals surface area contributed by atoms with Crippen LogP contribution in [0.25, 0.3) is 0 Å². The molecule has 2 heteroatoms. The fourth-order valence-corrected chi connectivity index (χ4v) is 4.48. The molecule has 4 atom stereocenters. The third kappa shape index (κ3) is 3.02. The molecule has 1 aliphatic heterocycles. The van der Waals surface area contributed by atoms with Crippen LogP contribution in [-0.4, -0.2) is 30.1 Å². The van der Waals surface area contributed by atoms with Crippen LogP contribution >= 0.6 is 0 Å². The number of rotatable bonds is 3. The molecule has 2 nitrogen and oxygen atoms in total. The molecule has 4 unspecified atom stereocenters. The van der Waals surface area contributed by atoms with E-state index in [4.69, 9.17) is 0 Å². The van der Waals surface area contributed by atoms with Crippen molar-refractivity contribution in [1.82, 2.24) is 10.2 Å². The van der Waals surface area contributed by atoms with Crippen molar-refractivity contribution in [3.8, 4) is 0 Å². The Kier molecular flexibility index (Phi) is 4.66. The van der Waals surface area contributed by atoms with Gasteiger partial charge in [0.1, 0.15) is 0 Å². The average Bonchev–Trinajstić information content (AvgIpc) is 2.48. The Morgan fingerprint density at radius 3 is 2.76 bits per heavy atom. The zero-order valence-electron chi connectivity index (χ0n) is 13.8. The predicted molar refractivity (Wildman–Crippen MR) is 89.5 cm³/mol. The first-order valence-corrected chi connectivity index (χ1v) is 8.77. The first kappa shape index (κ1) is 15.1. The third-order valence-corrected chi connectivity index (χ3v) is 5.52. The van der Waals surface area contributed by atoms with E-state index in [1.54, 1.807) is 11.1 Å². The molecule has 1 fully saturated rings. The minimum absolute atomic E-state index is 0.510. The third-order valence-electron chi connectivity index (χ3n) is 5.52. The number of aryl methyl sites for hydroxylation is 1. The van der Waals surface area contributed by atoms with Crippen LogP contribution < -0.4 is 5.32 Å². The van der Waals surface area contributed by atoms with Crippen molar-refractivity contribution in [3.63, 3.8) is 0 Å². The van der Waals surface area contributed by atoms with Crippen LogP contribution in [0.15, 0.2) is 24.3 Å². The standard InChI is InChI=1S/C19H30N2/c1-4-20-19-17-8-6-5-7-16(17)9-10-18(19)21-12-11-14(2)13-15(21)3/h5-8,14-15,18-20H,4,9-13H2,1-3H3. The van der Waals surface area contributed by atoms with E-state index in [1.165, 1.54) is 32.2 Å². The molecule has 1 saturated heterocycles. The minimum Gasteiger partial charge on any atom is -0.309 e. The second-order valence-electron chi connectivity index (χ2n) is 7.06. The lowest BCUT2D eigenvalue weighted by Gasteiger charge is -2.47. The van der Waals surface area contributed by atoms with E-state index in [-0.39, 0.29) is 0 Å². The Hall–Kier alpha value is -0.860. The highest BCUT2D eigenvalue weighted by Gasteiger charge is 2.36. The van der Waals surface area contributed by atoms with E-state index in [1.807, 2.05) is 0 Å². The van der Waals surface area contributed by atoms with Gasteiger partial charge in [0.2, 0.25) is 0 Å². The molecule has 0 spiro atoms. The second-order valence-corrected chi connectivity index (χ2v) is 7.06. The molecule has 1 aromatic carbocycles. The number of hydrogen-bond donors (Lipinski definition) is 1. The molecule has 116 valence electrons. The lowest BCUT2D eigenvalue weighted by molar-refractivity contribution is 0.0532. The fraction of sp³-hybridized carbons (Fsp3) is 0.684. The van der Waals surface area contributed by atoms with Gasteiger partial charge in [0, 0.05) is 18.1 Å². The Labute approximate surface area is 129 Å². The zero-order valence-corrected chi connectivity index (χ0v) is 13.8. The van der Waals surface area contributed by atoms with E-state index in [2.05, 4.69) is 55.3 Å². The van der Waals surface area contributed by atoms with Crippen molar-refractivity contribution in [3.05, 3.63) is 35.4 Å². The molecule has 0 bridgehead atoms. The number of likely N-dealkylation sites (tertiary alicyclic amines) is 1. The maximum Gasteiger partial charge on any atom is 0.0481 e. The molecule has 2 aliphatic rings. The van der Waals surface area contributed by atoms with Gasteiger partial charge in [-0.05, 0) is 62.7 Å². The Morgan fingerprint density at radius 1 is 1.19 bits per heavy atom. The van der Waals surface area contributed by atoms with Crippen LogP contribution in [-0.2, 0) is 6.42 Å². The number of nitrogens with one attached hydrogen (secondary N) is 1. The summed E-state index contributed by atoms with van der Waals surface area (Å²) < 4.78 is 0. The molecular formula is C19H30N2. The van der Waals surface area contributed by atoms with Gasteiger partial charge in [-0.2, -0.15) is 0 Å². The molecule has 21 heavy (non-hydrogen) atoms. The van der Waals surface area contributed by atoms with E-state index >= 15 is 0 Å². The quantitative estimate of drug-likeness (QED) is 0.910. The normalized spacial score (nSPS) is 33.7. The highest BCUT2D eigenvalue weighted by atomic mass is 15.2. The smallest absolute Gasteiger partial charge is 0.0481 e. The summed E-state index contributed by atoms with van der Waals surface area (Å²) in [6, 6.07) is 11.0. The van der Waals surface area contributed by atoms with Gasteiger partial charge in [-0.15, -0.1) is 0 Å². The lowest BCUT2D eigenvalue weighted by Crippen LogP contribution is -2.53. The van der Waals surface area contributed by atoms with Gasteiger partial charge < -0.3 is 5.32 Å². The molecule has 0 aromatic heterocycles. The summed E-state index contributed by atoms with van der Waals surface area (Å²) >= 11 is 0. The van der Waals surface area contributed by atoms with Crippen molar-refractivity contribution < 1.29 is 0 Å². The molecule has 3 rings (SSSR count). The summed E-state index contributed by atoms with van der Waals surface area (Å²) in [5.74, 6) is 0.893. The maximum atomic E-state index is 3.78. The van der Waals surface area contributed by atoms with Crippen LogP contribution in [0.5, 0.6) is 0 Å². The van der Waals surface area contributed by atoms with Gasteiger partial charge in [0.25, 0.3) is 0 Å². The summed E-state index contributed by atoms with van der Waals surface area (Å²) in [4.78, 5) is 2.79. The van der Waals surface area contributed by atoms with Gasteiger partial charge in [0.15, 0.2) is 0 Å². The molecule has 0 amide bonds. The molecular weight excluding hydrogens is 256 g/mol. The SMILES string of the molecule is CCNC1c2ccccc2CCC1N1CCC(C)CC1C.